The molecule has 3 rings (SSSR count). The van der Waals surface area contributed by atoms with Crippen molar-refractivity contribution in [3.05, 3.63) is 68.8 Å². The molecule has 25 heavy (non-hydrogen) atoms. The summed E-state index contributed by atoms with van der Waals surface area (Å²) in [5.74, 6) is -0.374. The van der Waals surface area contributed by atoms with E-state index < -0.39 is 5.97 Å². The summed E-state index contributed by atoms with van der Waals surface area (Å²) in [6.07, 6.45) is 3.16. The standard InChI is InChI=1S/C17H14BrN3O4/c1-2-24-16-13(4-3-7-19-16)17(23)25-10-12-8-15(22)21-9-11(18)5-6-14(21)20-12/h3-9H,2,10H2,1H3. The largest absolute Gasteiger partial charge is 0.477 e. The molecule has 0 unspecified atom stereocenters. The van der Waals surface area contributed by atoms with E-state index in [9.17, 15) is 9.59 Å². The van der Waals surface area contributed by atoms with Crippen LogP contribution in [0.25, 0.3) is 5.65 Å². The molecule has 0 atom stereocenters. The van der Waals surface area contributed by atoms with Gasteiger partial charge in [0.05, 0.1) is 12.3 Å². The first-order chi connectivity index (χ1) is 12.1. The van der Waals surface area contributed by atoms with Crippen LogP contribution in [0.1, 0.15) is 23.0 Å². The molecule has 3 heterocycles. The number of hydrogen-bond donors (Lipinski definition) is 0. The number of aromatic nitrogens is 3. The maximum atomic E-state index is 12.2. The van der Waals surface area contributed by atoms with Gasteiger partial charge in [-0.15, -0.1) is 0 Å². The van der Waals surface area contributed by atoms with Gasteiger partial charge in [-0.2, -0.15) is 0 Å². The van der Waals surface area contributed by atoms with E-state index in [1.54, 1.807) is 37.4 Å². The van der Waals surface area contributed by atoms with Crippen LogP contribution in [0.15, 0.2) is 52.0 Å². The molecular weight excluding hydrogens is 390 g/mol. The highest BCUT2D eigenvalue weighted by Crippen LogP contribution is 2.16. The Hall–Kier alpha value is -2.74. The number of ether oxygens (including phenoxy) is 2. The number of carbonyl (C=O) groups is 1. The molecule has 0 fully saturated rings. The third-order valence-electron chi connectivity index (χ3n) is 3.30. The minimum absolute atomic E-state index is 0.124. The minimum atomic E-state index is -0.589. The maximum Gasteiger partial charge on any atom is 0.344 e. The number of fused-ring (bicyclic) bond motifs is 1. The molecule has 3 aromatic rings. The van der Waals surface area contributed by atoms with Crippen LogP contribution in [-0.2, 0) is 11.3 Å². The number of hydrogen-bond acceptors (Lipinski definition) is 6. The molecule has 0 saturated heterocycles. The fourth-order valence-corrected chi connectivity index (χ4v) is 2.55. The van der Waals surface area contributed by atoms with Crippen LogP contribution in [0.3, 0.4) is 0 Å². The molecule has 0 amide bonds. The molecule has 0 saturated carbocycles. The van der Waals surface area contributed by atoms with Gasteiger partial charge in [-0.1, -0.05) is 0 Å². The molecule has 3 aromatic heterocycles. The van der Waals surface area contributed by atoms with Crippen molar-refractivity contribution in [2.45, 2.75) is 13.5 Å². The van der Waals surface area contributed by atoms with E-state index in [1.807, 2.05) is 0 Å². The van der Waals surface area contributed by atoms with Gasteiger partial charge in [0, 0.05) is 22.9 Å². The average molecular weight is 404 g/mol. The lowest BCUT2D eigenvalue weighted by molar-refractivity contribution is 0.0462. The van der Waals surface area contributed by atoms with E-state index in [2.05, 4.69) is 25.9 Å². The summed E-state index contributed by atoms with van der Waals surface area (Å²) in [4.78, 5) is 32.7. The summed E-state index contributed by atoms with van der Waals surface area (Å²) in [7, 11) is 0. The first kappa shape index (κ1) is 17.1. The summed E-state index contributed by atoms with van der Waals surface area (Å²) in [6, 6.07) is 8.00. The van der Waals surface area contributed by atoms with Crippen LogP contribution in [0.4, 0.5) is 0 Å². The van der Waals surface area contributed by atoms with Crippen molar-refractivity contribution >= 4 is 27.5 Å². The van der Waals surface area contributed by atoms with Gasteiger partial charge >= 0.3 is 5.97 Å². The molecule has 0 aliphatic rings. The second-order valence-electron chi connectivity index (χ2n) is 5.03. The first-order valence-corrected chi connectivity index (χ1v) is 8.30. The van der Waals surface area contributed by atoms with E-state index in [4.69, 9.17) is 9.47 Å². The van der Waals surface area contributed by atoms with Crippen LogP contribution in [-0.4, -0.2) is 26.9 Å². The Morgan fingerprint density at radius 2 is 2.16 bits per heavy atom. The summed E-state index contributed by atoms with van der Waals surface area (Å²) in [5.41, 5.74) is 0.806. The van der Waals surface area contributed by atoms with Gasteiger partial charge in [0.25, 0.3) is 5.56 Å². The molecule has 8 heteroatoms. The maximum absolute atomic E-state index is 12.2. The number of carbonyl (C=O) groups excluding carboxylic acids is 1. The van der Waals surface area contributed by atoms with Crippen molar-refractivity contribution in [2.24, 2.45) is 0 Å². The minimum Gasteiger partial charge on any atom is -0.477 e. The van der Waals surface area contributed by atoms with Crippen molar-refractivity contribution in [1.29, 1.82) is 0 Å². The van der Waals surface area contributed by atoms with E-state index >= 15 is 0 Å². The number of rotatable bonds is 5. The van der Waals surface area contributed by atoms with Crippen LogP contribution < -0.4 is 10.3 Å². The summed E-state index contributed by atoms with van der Waals surface area (Å²) >= 11 is 3.31. The van der Waals surface area contributed by atoms with Crippen molar-refractivity contribution < 1.29 is 14.3 Å². The molecule has 0 aliphatic heterocycles. The van der Waals surface area contributed by atoms with Gasteiger partial charge in [-0.05, 0) is 47.1 Å². The molecule has 0 aliphatic carbocycles. The molecule has 7 nitrogen and oxygen atoms in total. The zero-order chi connectivity index (χ0) is 17.8. The number of pyridine rings is 2. The van der Waals surface area contributed by atoms with Gasteiger partial charge in [-0.3, -0.25) is 9.20 Å². The smallest absolute Gasteiger partial charge is 0.344 e. The highest BCUT2D eigenvalue weighted by atomic mass is 79.9. The quantitative estimate of drug-likeness (QED) is 0.608. The predicted molar refractivity (Wildman–Crippen MR) is 93.7 cm³/mol. The van der Waals surface area contributed by atoms with Crippen LogP contribution in [0.5, 0.6) is 5.88 Å². The Balaban J connectivity index is 1.80. The van der Waals surface area contributed by atoms with Crippen LogP contribution >= 0.6 is 15.9 Å². The Bertz CT molecular complexity index is 987. The lowest BCUT2D eigenvalue weighted by Crippen LogP contribution is -2.17. The number of esters is 1. The Morgan fingerprint density at radius 3 is 2.96 bits per heavy atom. The zero-order valence-corrected chi connectivity index (χ0v) is 14.9. The van der Waals surface area contributed by atoms with Crippen molar-refractivity contribution in [1.82, 2.24) is 14.4 Å². The van der Waals surface area contributed by atoms with E-state index in [0.29, 0.717) is 17.9 Å². The Labute approximate surface area is 151 Å². The molecular formula is C17H14BrN3O4. The molecule has 128 valence electrons. The Kier molecular flexibility index (Phi) is 5.08. The summed E-state index contributed by atoms with van der Waals surface area (Å²) in [6.45, 7) is 2.06. The molecule has 0 spiro atoms. The van der Waals surface area contributed by atoms with Crippen LogP contribution in [0.2, 0.25) is 0 Å². The Morgan fingerprint density at radius 1 is 1.32 bits per heavy atom. The fraction of sp³-hybridized carbons (Fsp3) is 0.176. The summed E-state index contributed by atoms with van der Waals surface area (Å²) in [5, 5.41) is 0. The van der Waals surface area contributed by atoms with Gasteiger partial charge in [0.2, 0.25) is 5.88 Å². The van der Waals surface area contributed by atoms with Crippen molar-refractivity contribution in [3.8, 4) is 5.88 Å². The lowest BCUT2D eigenvalue weighted by Gasteiger charge is -2.09. The van der Waals surface area contributed by atoms with Gasteiger partial charge < -0.3 is 9.47 Å². The highest BCUT2D eigenvalue weighted by molar-refractivity contribution is 9.10. The number of nitrogens with zero attached hydrogens (tertiary/aromatic N) is 3. The topological polar surface area (TPSA) is 82.8 Å². The fourth-order valence-electron chi connectivity index (χ4n) is 2.22. The third-order valence-corrected chi connectivity index (χ3v) is 3.77. The average Bonchev–Trinajstić information content (AvgIpc) is 2.61. The lowest BCUT2D eigenvalue weighted by atomic mass is 10.3. The second-order valence-corrected chi connectivity index (χ2v) is 5.94. The molecule has 0 N–H and O–H groups in total. The van der Waals surface area contributed by atoms with E-state index in [1.165, 1.54) is 16.7 Å². The molecule has 0 radical (unpaired) electrons. The second kappa shape index (κ2) is 7.43. The van der Waals surface area contributed by atoms with Gasteiger partial charge in [0.15, 0.2) is 0 Å². The van der Waals surface area contributed by atoms with Crippen molar-refractivity contribution in [3.63, 3.8) is 0 Å². The van der Waals surface area contributed by atoms with E-state index in [-0.39, 0.29) is 23.6 Å². The number of halogens is 1. The van der Waals surface area contributed by atoms with Crippen LogP contribution in [0, 0.1) is 0 Å². The normalized spacial score (nSPS) is 10.6. The molecule has 0 bridgehead atoms. The monoisotopic (exact) mass is 403 g/mol. The van der Waals surface area contributed by atoms with Crippen molar-refractivity contribution in [2.75, 3.05) is 6.61 Å². The third kappa shape index (κ3) is 3.85. The van der Waals surface area contributed by atoms with E-state index in [0.717, 1.165) is 4.47 Å². The van der Waals surface area contributed by atoms with Gasteiger partial charge in [0.1, 0.15) is 17.8 Å². The SMILES string of the molecule is CCOc1ncccc1C(=O)OCc1cc(=O)n2cc(Br)ccc2n1. The predicted octanol–water partition coefficient (Wildman–Crippen LogP) is 2.61. The highest BCUT2D eigenvalue weighted by Gasteiger charge is 2.15. The zero-order valence-electron chi connectivity index (χ0n) is 13.3. The van der Waals surface area contributed by atoms with Gasteiger partial charge in [-0.25, -0.2) is 14.8 Å². The summed E-state index contributed by atoms with van der Waals surface area (Å²) < 4.78 is 12.7. The molecule has 0 aromatic carbocycles. The first-order valence-electron chi connectivity index (χ1n) is 7.51.